The fourth-order valence-corrected chi connectivity index (χ4v) is 2.83. The minimum absolute atomic E-state index is 0.0654. The predicted molar refractivity (Wildman–Crippen MR) is 108 cm³/mol. The highest BCUT2D eigenvalue weighted by molar-refractivity contribution is 7.80. The van der Waals surface area contributed by atoms with E-state index in [2.05, 4.69) is 50.5 Å². The van der Waals surface area contributed by atoms with E-state index in [0.29, 0.717) is 10.7 Å². The van der Waals surface area contributed by atoms with Crippen molar-refractivity contribution in [3.8, 4) is 0 Å². The lowest BCUT2D eigenvalue weighted by molar-refractivity contribution is 0.0976. The molecule has 0 aliphatic carbocycles. The van der Waals surface area contributed by atoms with E-state index in [1.165, 1.54) is 5.56 Å². The third-order valence-electron chi connectivity index (χ3n) is 4.16. The summed E-state index contributed by atoms with van der Waals surface area (Å²) in [6.07, 6.45) is 0.875. The van der Waals surface area contributed by atoms with Crippen LogP contribution >= 0.6 is 12.2 Å². The van der Waals surface area contributed by atoms with Crippen LogP contribution in [0.15, 0.2) is 54.6 Å². The highest BCUT2D eigenvalue weighted by atomic mass is 32.1. The number of amides is 1. The van der Waals surface area contributed by atoms with E-state index in [1.54, 1.807) is 0 Å². The minimum Gasteiger partial charge on any atom is -0.356 e. The molecule has 2 aromatic rings. The summed E-state index contributed by atoms with van der Waals surface area (Å²) < 4.78 is 0. The highest BCUT2D eigenvalue weighted by Gasteiger charge is 2.16. The number of nitrogens with one attached hydrogen (secondary N) is 2. The molecule has 1 unspecified atom stereocenters. The summed E-state index contributed by atoms with van der Waals surface area (Å²) >= 11 is 5.31. The Balaban J connectivity index is 1.99. The zero-order chi connectivity index (χ0) is 18.4. The number of carbonyl (C=O) groups is 1. The molecule has 3 nitrogen and oxygen atoms in total. The normalized spacial score (nSPS) is 12.3. The second-order valence-electron chi connectivity index (χ2n) is 7.13. The average Bonchev–Trinajstić information content (AvgIpc) is 2.59. The number of hydrogen-bond acceptors (Lipinski definition) is 2. The fraction of sp³-hybridized carbons (Fsp3) is 0.333. The molecule has 132 valence electrons. The van der Waals surface area contributed by atoms with Crippen molar-refractivity contribution in [2.75, 3.05) is 0 Å². The fourth-order valence-electron chi connectivity index (χ4n) is 2.60. The number of carbonyl (C=O) groups excluding carboxylic acids is 1. The summed E-state index contributed by atoms with van der Waals surface area (Å²) in [5.41, 5.74) is 3.01. The van der Waals surface area contributed by atoms with E-state index >= 15 is 0 Å². The first-order valence-corrected chi connectivity index (χ1v) is 8.99. The van der Waals surface area contributed by atoms with Gasteiger partial charge in [-0.05, 0) is 47.3 Å². The van der Waals surface area contributed by atoms with Crippen molar-refractivity contribution in [3.63, 3.8) is 0 Å². The molecule has 4 heteroatoms. The maximum absolute atomic E-state index is 12.4. The van der Waals surface area contributed by atoms with Gasteiger partial charge in [0.1, 0.15) is 0 Å². The molecular formula is C21H26N2OS. The van der Waals surface area contributed by atoms with Gasteiger partial charge < -0.3 is 5.32 Å². The maximum Gasteiger partial charge on any atom is 0.257 e. The predicted octanol–water partition coefficient (Wildman–Crippen LogP) is 4.74. The van der Waals surface area contributed by atoms with E-state index in [4.69, 9.17) is 12.2 Å². The zero-order valence-corrected chi connectivity index (χ0v) is 16.1. The number of hydrogen-bond donors (Lipinski definition) is 2. The summed E-state index contributed by atoms with van der Waals surface area (Å²) in [7, 11) is 0. The Bertz CT molecular complexity index is 718. The van der Waals surface area contributed by atoms with E-state index < -0.39 is 0 Å². The summed E-state index contributed by atoms with van der Waals surface area (Å²) in [6, 6.07) is 17.8. The topological polar surface area (TPSA) is 41.1 Å². The number of rotatable bonds is 4. The molecule has 0 bridgehead atoms. The second-order valence-corrected chi connectivity index (χ2v) is 7.53. The van der Waals surface area contributed by atoms with Gasteiger partial charge in [-0.15, -0.1) is 0 Å². The van der Waals surface area contributed by atoms with Gasteiger partial charge in [0.2, 0.25) is 0 Å². The molecule has 0 spiro atoms. The Morgan fingerprint density at radius 1 is 1.04 bits per heavy atom. The van der Waals surface area contributed by atoms with E-state index in [-0.39, 0.29) is 17.4 Å². The zero-order valence-electron chi connectivity index (χ0n) is 15.3. The Morgan fingerprint density at radius 3 is 2.16 bits per heavy atom. The molecule has 0 heterocycles. The SMILES string of the molecule is CCC(NC(=S)NC(=O)c1ccc(C(C)(C)C)cc1)c1ccccc1. The largest absolute Gasteiger partial charge is 0.356 e. The van der Waals surface area contributed by atoms with Crippen molar-refractivity contribution in [1.82, 2.24) is 10.6 Å². The maximum atomic E-state index is 12.4. The van der Waals surface area contributed by atoms with Crippen LogP contribution in [0.4, 0.5) is 0 Å². The Morgan fingerprint density at radius 2 is 1.64 bits per heavy atom. The Kier molecular flexibility index (Phi) is 6.32. The molecule has 1 atom stereocenters. The number of benzene rings is 2. The van der Waals surface area contributed by atoms with Crippen molar-refractivity contribution in [3.05, 3.63) is 71.3 Å². The number of thiocarbonyl (C=S) groups is 1. The molecule has 2 N–H and O–H groups in total. The van der Waals surface area contributed by atoms with Gasteiger partial charge >= 0.3 is 0 Å². The van der Waals surface area contributed by atoms with E-state index in [0.717, 1.165) is 12.0 Å². The molecular weight excluding hydrogens is 328 g/mol. The molecule has 2 aromatic carbocycles. The first kappa shape index (κ1) is 19.1. The highest BCUT2D eigenvalue weighted by Crippen LogP contribution is 2.22. The van der Waals surface area contributed by atoms with Gasteiger partial charge in [-0.1, -0.05) is 70.2 Å². The quantitative estimate of drug-likeness (QED) is 0.779. The molecule has 0 aliphatic rings. The van der Waals surface area contributed by atoms with Crippen molar-refractivity contribution in [2.45, 2.75) is 45.6 Å². The molecule has 0 fully saturated rings. The monoisotopic (exact) mass is 354 g/mol. The van der Waals surface area contributed by atoms with Crippen LogP contribution in [0.2, 0.25) is 0 Å². The van der Waals surface area contributed by atoms with Gasteiger partial charge in [-0.3, -0.25) is 10.1 Å². The van der Waals surface area contributed by atoms with Gasteiger partial charge in [-0.2, -0.15) is 0 Å². The van der Waals surface area contributed by atoms with Crippen molar-refractivity contribution >= 4 is 23.2 Å². The van der Waals surface area contributed by atoms with Gasteiger partial charge in [0.05, 0.1) is 6.04 Å². The molecule has 0 aromatic heterocycles. The molecule has 25 heavy (non-hydrogen) atoms. The molecule has 0 saturated carbocycles. The van der Waals surface area contributed by atoms with Gasteiger partial charge in [0.25, 0.3) is 5.91 Å². The van der Waals surface area contributed by atoms with Crippen LogP contribution in [0.5, 0.6) is 0 Å². The molecule has 2 rings (SSSR count). The molecule has 0 radical (unpaired) electrons. The lowest BCUT2D eigenvalue weighted by Gasteiger charge is -2.20. The van der Waals surface area contributed by atoms with E-state index in [9.17, 15) is 4.79 Å². The third-order valence-corrected chi connectivity index (χ3v) is 4.38. The van der Waals surface area contributed by atoms with Gasteiger partial charge in [0.15, 0.2) is 5.11 Å². The summed E-state index contributed by atoms with van der Waals surface area (Å²) in [4.78, 5) is 12.4. The van der Waals surface area contributed by atoms with Crippen molar-refractivity contribution in [2.24, 2.45) is 0 Å². The van der Waals surface area contributed by atoms with Gasteiger partial charge in [0, 0.05) is 5.56 Å². The minimum atomic E-state index is -0.194. The summed E-state index contributed by atoms with van der Waals surface area (Å²) in [5, 5.41) is 6.34. The summed E-state index contributed by atoms with van der Waals surface area (Å²) in [6.45, 7) is 8.53. The van der Waals surface area contributed by atoms with Crippen LogP contribution in [0.25, 0.3) is 0 Å². The molecule has 0 aliphatic heterocycles. The molecule has 1 amide bonds. The molecule has 0 saturated heterocycles. The first-order chi connectivity index (χ1) is 11.8. The van der Waals surface area contributed by atoms with Crippen LogP contribution in [0.1, 0.15) is 61.6 Å². The Labute approximate surface area is 155 Å². The average molecular weight is 355 g/mol. The van der Waals surface area contributed by atoms with Crippen LogP contribution in [-0.2, 0) is 5.41 Å². The Hall–Kier alpha value is -2.20. The standard InChI is InChI=1S/C21H26N2OS/c1-5-18(15-9-7-6-8-10-15)22-20(25)23-19(24)16-11-13-17(14-12-16)21(2,3)4/h6-14,18H,5H2,1-4H3,(H2,22,23,24,25). The smallest absolute Gasteiger partial charge is 0.257 e. The van der Waals surface area contributed by atoms with Crippen LogP contribution in [0, 0.1) is 0 Å². The van der Waals surface area contributed by atoms with Crippen LogP contribution in [-0.4, -0.2) is 11.0 Å². The first-order valence-electron chi connectivity index (χ1n) is 8.58. The van der Waals surface area contributed by atoms with Crippen molar-refractivity contribution < 1.29 is 4.79 Å². The third kappa shape index (κ3) is 5.40. The lowest BCUT2D eigenvalue weighted by atomic mass is 9.87. The summed E-state index contributed by atoms with van der Waals surface area (Å²) in [5.74, 6) is -0.194. The van der Waals surface area contributed by atoms with Crippen LogP contribution < -0.4 is 10.6 Å². The van der Waals surface area contributed by atoms with Crippen molar-refractivity contribution in [1.29, 1.82) is 0 Å². The van der Waals surface area contributed by atoms with Crippen LogP contribution in [0.3, 0.4) is 0 Å². The lowest BCUT2D eigenvalue weighted by Crippen LogP contribution is -2.40. The second kappa shape index (κ2) is 8.26. The van der Waals surface area contributed by atoms with E-state index in [1.807, 2.05) is 42.5 Å². The van der Waals surface area contributed by atoms with Gasteiger partial charge in [-0.25, -0.2) is 0 Å².